The predicted molar refractivity (Wildman–Crippen MR) is 93.9 cm³/mol. The average molecular weight is 311 g/mol. The van der Waals surface area contributed by atoms with Gasteiger partial charge in [0.15, 0.2) is 0 Å². The van der Waals surface area contributed by atoms with Crippen LogP contribution in [0.5, 0.6) is 0 Å². The molecule has 0 aromatic carbocycles. The standard InChI is InChI=1S/C20H38O2/c1-19(2,3)12-8-4-6-10-18(16-21)11-7-5-9-13-20(17-22)14-15-20/h17-18,21H,4-16H2,1-3H3. The molecule has 1 saturated carbocycles. The molecule has 1 fully saturated rings. The van der Waals surface area contributed by atoms with E-state index in [1.54, 1.807) is 0 Å². The van der Waals surface area contributed by atoms with Crippen LogP contribution in [0.15, 0.2) is 0 Å². The van der Waals surface area contributed by atoms with Crippen molar-refractivity contribution in [2.45, 2.75) is 97.8 Å². The molecule has 1 N–H and O–H groups in total. The number of carbonyl (C=O) groups excluding carboxylic acids is 1. The summed E-state index contributed by atoms with van der Waals surface area (Å²) in [5.41, 5.74) is 0.542. The van der Waals surface area contributed by atoms with E-state index in [0.29, 0.717) is 17.9 Å². The van der Waals surface area contributed by atoms with Gasteiger partial charge in [0.25, 0.3) is 0 Å². The summed E-state index contributed by atoms with van der Waals surface area (Å²) < 4.78 is 0. The Morgan fingerprint density at radius 3 is 2.05 bits per heavy atom. The Morgan fingerprint density at radius 2 is 1.59 bits per heavy atom. The molecule has 2 heteroatoms. The lowest BCUT2D eigenvalue weighted by Crippen LogP contribution is -2.07. The minimum atomic E-state index is 0.0867. The molecule has 1 atom stereocenters. The van der Waals surface area contributed by atoms with E-state index in [0.717, 1.165) is 25.7 Å². The fourth-order valence-corrected chi connectivity index (χ4v) is 3.27. The van der Waals surface area contributed by atoms with Gasteiger partial charge >= 0.3 is 0 Å². The molecule has 0 amide bonds. The zero-order chi connectivity index (χ0) is 16.5. The number of aldehydes is 1. The third kappa shape index (κ3) is 8.92. The van der Waals surface area contributed by atoms with Gasteiger partial charge in [0.05, 0.1) is 0 Å². The number of aliphatic hydroxyl groups excluding tert-OH is 1. The molecular formula is C20H38O2. The molecule has 1 aliphatic carbocycles. The SMILES string of the molecule is CC(C)(C)CCCCCC(CO)CCCCCC1(C=O)CC1. The molecule has 0 radical (unpaired) electrons. The topological polar surface area (TPSA) is 37.3 Å². The summed E-state index contributed by atoms with van der Waals surface area (Å²) in [7, 11) is 0. The van der Waals surface area contributed by atoms with Gasteiger partial charge in [-0.25, -0.2) is 0 Å². The number of aliphatic hydroxyl groups is 1. The molecule has 22 heavy (non-hydrogen) atoms. The van der Waals surface area contributed by atoms with Gasteiger partial charge < -0.3 is 9.90 Å². The van der Waals surface area contributed by atoms with Crippen LogP contribution in [0.3, 0.4) is 0 Å². The van der Waals surface area contributed by atoms with E-state index in [1.165, 1.54) is 57.7 Å². The van der Waals surface area contributed by atoms with E-state index >= 15 is 0 Å². The van der Waals surface area contributed by atoms with Crippen LogP contribution in [-0.2, 0) is 4.79 Å². The highest BCUT2D eigenvalue weighted by Gasteiger charge is 2.41. The number of unbranched alkanes of at least 4 members (excludes halogenated alkanes) is 4. The van der Waals surface area contributed by atoms with Gasteiger partial charge in [0, 0.05) is 12.0 Å². The minimum Gasteiger partial charge on any atom is -0.396 e. The number of rotatable bonds is 13. The third-order valence-corrected chi connectivity index (χ3v) is 5.23. The first-order valence-corrected chi connectivity index (χ1v) is 9.48. The normalized spacial score (nSPS) is 18.2. The first-order chi connectivity index (χ1) is 10.4. The van der Waals surface area contributed by atoms with Crippen molar-refractivity contribution in [1.82, 2.24) is 0 Å². The highest BCUT2D eigenvalue weighted by molar-refractivity contribution is 5.63. The molecule has 0 heterocycles. The van der Waals surface area contributed by atoms with Gasteiger partial charge in [-0.1, -0.05) is 59.3 Å². The van der Waals surface area contributed by atoms with Crippen LogP contribution >= 0.6 is 0 Å². The Hall–Kier alpha value is -0.370. The van der Waals surface area contributed by atoms with E-state index in [4.69, 9.17) is 0 Å². The van der Waals surface area contributed by atoms with E-state index in [2.05, 4.69) is 20.8 Å². The van der Waals surface area contributed by atoms with Crippen LogP contribution in [0.25, 0.3) is 0 Å². The van der Waals surface area contributed by atoms with E-state index < -0.39 is 0 Å². The summed E-state index contributed by atoms with van der Waals surface area (Å²) in [5, 5.41) is 9.50. The first kappa shape index (κ1) is 19.7. The Balaban J connectivity index is 1.96. The molecular weight excluding hydrogens is 272 g/mol. The van der Waals surface area contributed by atoms with Crippen LogP contribution in [0.4, 0.5) is 0 Å². The molecule has 130 valence electrons. The maximum absolute atomic E-state index is 10.9. The second-order valence-electron chi connectivity index (χ2n) is 8.79. The predicted octanol–water partition coefficient (Wildman–Crippen LogP) is 5.52. The quantitative estimate of drug-likeness (QED) is 0.359. The molecule has 0 aromatic rings. The summed E-state index contributed by atoms with van der Waals surface area (Å²) in [5.74, 6) is 0.496. The van der Waals surface area contributed by atoms with Crippen LogP contribution in [0.2, 0.25) is 0 Å². The van der Waals surface area contributed by atoms with Crippen molar-refractivity contribution in [2.75, 3.05) is 6.61 Å². The summed E-state index contributed by atoms with van der Waals surface area (Å²) in [4.78, 5) is 10.9. The van der Waals surface area contributed by atoms with Crippen molar-refractivity contribution in [2.24, 2.45) is 16.7 Å². The zero-order valence-corrected chi connectivity index (χ0v) is 15.2. The van der Waals surface area contributed by atoms with Gasteiger partial charge in [0.1, 0.15) is 6.29 Å². The number of carbonyl (C=O) groups is 1. The van der Waals surface area contributed by atoms with E-state index in [-0.39, 0.29) is 5.41 Å². The average Bonchev–Trinajstić information content (AvgIpc) is 3.24. The molecule has 0 aromatic heterocycles. The molecule has 0 spiro atoms. The van der Waals surface area contributed by atoms with Gasteiger partial charge in [-0.2, -0.15) is 0 Å². The Labute approximate surface area is 138 Å². The van der Waals surface area contributed by atoms with Gasteiger partial charge in [0.2, 0.25) is 0 Å². The first-order valence-electron chi connectivity index (χ1n) is 9.48. The van der Waals surface area contributed by atoms with Crippen molar-refractivity contribution < 1.29 is 9.90 Å². The lowest BCUT2D eigenvalue weighted by molar-refractivity contribution is -0.112. The van der Waals surface area contributed by atoms with Crippen molar-refractivity contribution in [3.05, 3.63) is 0 Å². The smallest absolute Gasteiger partial charge is 0.126 e. The van der Waals surface area contributed by atoms with Gasteiger partial charge in [-0.15, -0.1) is 0 Å². The van der Waals surface area contributed by atoms with Crippen molar-refractivity contribution in [3.8, 4) is 0 Å². The third-order valence-electron chi connectivity index (χ3n) is 5.23. The second kappa shape index (κ2) is 9.70. The lowest BCUT2D eigenvalue weighted by atomic mass is 9.88. The molecule has 1 aliphatic rings. The van der Waals surface area contributed by atoms with Crippen LogP contribution in [0.1, 0.15) is 97.8 Å². The highest BCUT2D eigenvalue weighted by atomic mass is 16.3. The molecule has 1 unspecified atom stereocenters. The Kier molecular flexibility index (Phi) is 8.67. The van der Waals surface area contributed by atoms with E-state index in [1.807, 2.05) is 0 Å². The molecule has 0 aliphatic heterocycles. The second-order valence-corrected chi connectivity index (χ2v) is 8.79. The fourth-order valence-electron chi connectivity index (χ4n) is 3.27. The number of hydrogen-bond donors (Lipinski definition) is 1. The Morgan fingerprint density at radius 1 is 1.00 bits per heavy atom. The van der Waals surface area contributed by atoms with Gasteiger partial charge in [-0.05, 0) is 49.9 Å². The summed E-state index contributed by atoms with van der Waals surface area (Å²) in [6.45, 7) is 7.26. The van der Waals surface area contributed by atoms with E-state index in [9.17, 15) is 9.90 Å². The summed E-state index contributed by atoms with van der Waals surface area (Å²) >= 11 is 0. The molecule has 2 nitrogen and oxygen atoms in total. The maximum Gasteiger partial charge on any atom is 0.126 e. The molecule has 0 saturated heterocycles. The van der Waals surface area contributed by atoms with Crippen LogP contribution in [0, 0.1) is 16.7 Å². The zero-order valence-electron chi connectivity index (χ0n) is 15.2. The maximum atomic E-state index is 10.9. The fraction of sp³-hybridized carbons (Fsp3) is 0.950. The van der Waals surface area contributed by atoms with Crippen LogP contribution < -0.4 is 0 Å². The minimum absolute atomic E-state index is 0.0867. The summed E-state index contributed by atoms with van der Waals surface area (Å²) in [6, 6.07) is 0. The van der Waals surface area contributed by atoms with Crippen LogP contribution in [-0.4, -0.2) is 18.0 Å². The number of hydrogen-bond acceptors (Lipinski definition) is 2. The summed E-state index contributed by atoms with van der Waals surface area (Å²) in [6.07, 6.45) is 15.6. The molecule has 0 bridgehead atoms. The largest absolute Gasteiger partial charge is 0.396 e. The van der Waals surface area contributed by atoms with Crippen molar-refractivity contribution in [1.29, 1.82) is 0 Å². The Bertz CT molecular complexity index is 299. The van der Waals surface area contributed by atoms with Crippen molar-refractivity contribution in [3.63, 3.8) is 0 Å². The monoisotopic (exact) mass is 310 g/mol. The van der Waals surface area contributed by atoms with Crippen molar-refractivity contribution >= 4 is 6.29 Å². The molecule has 1 rings (SSSR count). The highest BCUT2D eigenvalue weighted by Crippen LogP contribution is 2.47. The van der Waals surface area contributed by atoms with Gasteiger partial charge in [-0.3, -0.25) is 0 Å². The lowest BCUT2D eigenvalue weighted by Gasteiger charge is -2.18.